The molecule has 0 saturated heterocycles. The Morgan fingerprint density at radius 2 is 0.565 bits per heavy atom. The summed E-state index contributed by atoms with van der Waals surface area (Å²) in [6.07, 6.45) is 36.4. The first-order valence-corrected chi connectivity index (χ1v) is 37.2. The normalized spacial score (nSPS) is 14.7. The fraction of sp³-hybridized carbons (Fsp3) is 0.939. The van der Waals surface area contributed by atoms with E-state index in [1.54, 1.807) is 0 Å². The zero-order chi connectivity index (χ0) is 63.2. The lowest BCUT2D eigenvalue weighted by Crippen LogP contribution is -2.30. The van der Waals surface area contributed by atoms with E-state index in [0.717, 1.165) is 114 Å². The molecule has 0 aliphatic carbocycles. The van der Waals surface area contributed by atoms with Gasteiger partial charge in [0.2, 0.25) is 0 Å². The molecule has 0 amide bonds. The van der Waals surface area contributed by atoms with Gasteiger partial charge in [-0.1, -0.05) is 267 Å². The topological polar surface area (TPSA) is 237 Å². The van der Waals surface area contributed by atoms with Crippen LogP contribution in [-0.2, 0) is 65.4 Å². The lowest BCUT2D eigenvalue weighted by Gasteiger charge is -2.21. The fourth-order valence-corrected chi connectivity index (χ4v) is 11.3. The van der Waals surface area contributed by atoms with Gasteiger partial charge in [-0.25, -0.2) is 9.13 Å². The number of hydrogen-bond acceptors (Lipinski definition) is 15. The molecule has 0 saturated carbocycles. The maximum absolute atomic E-state index is 13.0. The predicted octanol–water partition coefficient (Wildman–Crippen LogP) is 18.1. The van der Waals surface area contributed by atoms with Gasteiger partial charge in [0.25, 0.3) is 0 Å². The van der Waals surface area contributed by atoms with Crippen molar-refractivity contribution in [3.8, 4) is 0 Å². The second-order valence-electron chi connectivity index (χ2n) is 25.5. The molecule has 3 unspecified atom stereocenters. The summed E-state index contributed by atoms with van der Waals surface area (Å²) in [5.74, 6) is 0.767. The summed E-state index contributed by atoms with van der Waals surface area (Å²) in [7, 11) is -9.89. The predicted molar refractivity (Wildman–Crippen MR) is 340 cm³/mol. The summed E-state index contributed by atoms with van der Waals surface area (Å²) in [6, 6.07) is 0. The summed E-state index contributed by atoms with van der Waals surface area (Å²) >= 11 is 0. The maximum atomic E-state index is 13.0. The average molecular weight is 1260 g/mol. The number of phosphoric acid groups is 2. The molecule has 0 aromatic heterocycles. The van der Waals surface area contributed by atoms with Gasteiger partial charge in [-0.2, -0.15) is 0 Å². The second kappa shape index (κ2) is 56.1. The van der Waals surface area contributed by atoms with Gasteiger partial charge in [0.05, 0.1) is 26.4 Å². The molecule has 0 radical (unpaired) electrons. The van der Waals surface area contributed by atoms with Crippen molar-refractivity contribution in [3.05, 3.63) is 0 Å². The van der Waals surface area contributed by atoms with E-state index in [4.69, 9.17) is 37.0 Å². The van der Waals surface area contributed by atoms with Gasteiger partial charge in [-0.05, 0) is 49.4 Å². The molecule has 0 rings (SSSR count). The number of aliphatic hydroxyl groups excluding tert-OH is 1. The minimum absolute atomic E-state index is 0.102. The Balaban J connectivity index is 5.24. The highest BCUT2D eigenvalue weighted by atomic mass is 31.2. The molecule has 6 atom stereocenters. The molecule has 0 bridgehead atoms. The highest BCUT2D eigenvalue weighted by Crippen LogP contribution is 2.45. The molecule has 0 spiro atoms. The molecule has 504 valence electrons. The monoisotopic (exact) mass is 1250 g/mol. The van der Waals surface area contributed by atoms with Crippen molar-refractivity contribution in [3.63, 3.8) is 0 Å². The highest BCUT2D eigenvalue weighted by molar-refractivity contribution is 7.47. The molecule has 17 nitrogen and oxygen atoms in total. The van der Waals surface area contributed by atoms with E-state index in [2.05, 4.69) is 55.4 Å². The molecule has 3 N–H and O–H groups in total. The standard InChI is InChI=1S/C66H128O17P2/c1-9-59(8)45-37-29-23-25-33-41-49-66(71)83-62(52-76-63(68)46-38-30-20-16-12-10-11-14-18-26-34-42-56(2)3)55-81-85(74,75)79-51-60(67)50-78-84(72,73)80-54-61(53-77-64(69)47-39-31-24-22-28-36-44-58(6)7)82-65(70)48-40-32-21-17-13-15-19-27-35-43-57(4)5/h56-62,67H,9-55H2,1-8H3,(H,72,73)(H,74,75)/t59?,60-,61+,62+/m0/s1. The number of unbranched alkanes of at least 4 members (excludes halogenated alkanes) is 28. The van der Waals surface area contributed by atoms with Crippen LogP contribution in [0.25, 0.3) is 0 Å². The minimum atomic E-state index is -4.95. The van der Waals surface area contributed by atoms with Gasteiger partial charge in [-0.15, -0.1) is 0 Å². The van der Waals surface area contributed by atoms with Crippen LogP contribution in [0, 0.1) is 23.7 Å². The van der Waals surface area contributed by atoms with Crippen molar-refractivity contribution in [2.45, 2.75) is 337 Å². The largest absolute Gasteiger partial charge is 0.472 e. The highest BCUT2D eigenvalue weighted by Gasteiger charge is 2.30. The second-order valence-corrected chi connectivity index (χ2v) is 28.4. The van der Waals surface area contributed by atoms with Crippen LogP contribution in [0.2, 0.25) is 0 Å². The van der Waals surface area contributed by atoms with Crippen LogP contribution in [0.15, 0.2) is 0 Å². The Kier molecular flexibility index (Phi) is 54.8. The van der Waals surface area contributed by atoms with Gasteiger partial charge in [0.15, 0.2) is 12.2 Å². The maximum Gasteiger partial charge on any atom is 0.472 e. The Hall–Kier alpha value is -1.94. The Labute approximate surface area is 517 Å². The molecule has 0 aliphatic heterocycles. The van der Waals surface area contributed by atoms with E-state index in [1.807, 2.05) is 0 Å². The smallest absolute Gasteiger partial charge is 0.462 e. The molecule has 85 heavy (non-hydrogen) atoms. The van der Waals surface area contributed by atoms with Crippen molar-refractivity contribution in [2.24, 2.45) is 23.7 Å². The summed E-state index contributed by atoms with van der Waals surface area (Å²) in [4.78, 5) is 72.3. The van der Waals surface area contributed by atoms with Crippen LogP contribution in [0.4, 0.5) is 0 Å². The quantitative estimate of drug-likeness (QED) is 0.0222. The Morgan fingerprint density at radius 1 is 0.329 bits per heavy atom. The zero-order valence-corrected chi connectivity index (χ0v) is 57.0. The lowest BCUT2D eigenvalue weighted by molar-refractivity contribution is -0.161. The number of phosphoric ester groups is 2. The first-order valence-electron chi connectivity index (χ1n) is 34.2. The first-order chi connectivity index (χ1) is 40.6. The minimum Gasteiger partial charge on any atom is -0.462 e. The number of esters is 4. The van der Waals surface area contributed by atoms with Crippen LogP contribution in [0.1, 0.15) is 319 Å². The molecular weight excluding hydrogens is 1130 g/mol. The third-order valence-corrected chi connectivity index (χ3v) is 17.3. The van der Waals surface area contributed by atoms with Crippen LogP contribution < -0.4 is 0 Å². The number of rotatable bonds is 63. The van der Waals surface area contributed by atoms with Crippen molar-refractivity contribution >= 4 is 39.5 Å². The molecule has 0 aliphatic rings. The van der Waals surface area contributed by atoms with Crippen molar-refractivity contribution in [1.29, 1.82) is 0 Å². The number of carbonyl (C=O) groups is 4. The van der Waals surface area contributed by atoms with Gasteiger partial charge in [-0.3, -0.25) is 37.3 Å². The van der Waals surface area contributed by atoms with Crippen LogP contribution >= 0.6 is 15.6 Å². The van der Waals surface area contributed by atoms with Gasteiger partial charge >= 0.3 is 39.5 Å². The van der Waals surface area contributed by atoms with Crippen LogP contribution in [0.3, 0.4) is 0 Å². The molecule has 0 fully saturated rings. The van der Waals surface area contributed by atoms with Crippen molar-refractivity contribution in [1.82, 2.24) is 0 Å². The first kappa shape index (κ1) is 83.1. The van der Waals surface area contributed by atoms with Crippen molar-refractivity contribution < 1.29 is 80.2 Å². The number of ether oxygens (including phenoxy) is 4. The average Bonchev–Trinajstić information content (AvgIpc) is 3.48. The number of aliphatic hydroxyl groups is 1. The van der Waals surface area contributed by atoms with E-state index in [9.17, 15) is 43.2 Å². The van der Waals surface area contributed by atoms with E-state index in [-0.39, 0.29) is 25.7 Å². The summed E-state index contributed by atoms with van der Waals surface area (Å²) in [6.45, 7) is 14.0. The van der Waals surface area contributed by atoms with E-state index in [0.29, 0.717) is 31.6 Å². The third-order valence-electron chi connectivity index (χ3n) is 15.4. The molecule has 0 aromatic carbocycles. The summed E-state index contributed by atoms with van der Waals surface area (Å²) < 4.78 is 68.1. The molecular formula is C66H128O17P2. The molecule has 0 heterocycles. The van der Waals surface area contributed by atoms with E-state index in [1.165, 1.54) is 116 Å². The van der Waals surface area contributed by atoms with Gasteiger partial charge in [0, 0.05) is 25.7 Å². The molecule has 19 heteroatoms. The number of carbonyl (C=O) groups excluding carboxylic acids is 4. The SMILES string of the molecule is CCC(C)CCCCCCCCC(=O)O[C@H](COC(=O)CCCCCCCCCCCCCC(C)C)COP(=O)(O)OC[C@@H](O)COP(=O)(O)OC[C@@H](COC(=O)CCCCCCCCC(C)C)OC(=O)CCCCCCCCCCCC(C)C. The van der Waals surface area contributed by atoms with E-state index >= 15 is 0 Å². The Morgan fingerprint density at radius 3 is 0.835 bits per heavy atom. The lowest BCUT2D eigenvalue weighted by atomic mass is 10.00. The number of hydrogen-bond donors (Lipinski definition) is 3. The fourth-order valence-electron chi connectivity index (χ4n) is 9.75. The third kappa shape index (κ3) is 59.5. The molecule has 0 aromatic rings. The summed E-state index contributed by atoms with van der Waals surface area (Å²) in [5.41, 5.74) is 0. The van der Waals surface area contributed by atoms with Crippen molar-refractivity contribution in [2.75, 3.05) is 39.6 Å². The van der Waals surface area contributed by atoms with Crippen LogP contribution in [0.5, 0.6) is 0 Å². The van der Waals surface area contributed by atoms with E-state index < -0.39 is 97.5 Å². The van der Waals surface area contributed by atoms with Crippen LogP contribution in [-0.4, -0.2) is 96.7 Å². The summed E-state index contributed by atoms with van der Waals surface area (Å²) in [5, 5.41) is 10.5. The zero-order valence-electron chi connectivity index (χ0n) is 55.2. The Bertz CT molecular complexity index is 1700. The van der Waals surface area contributed by atoms with Gasteiger partial charge < -0.3 is 33.8 Å². The van der Waals surface area contributed by atoms with Gasteiger partial charge in [0.1, 0.15) is 19.3 Å².